The van der Waals surface area contributed by atoms with E-state index >= 15 is 0 Å². The summed E-state index contributed by atoms with van der Waals surface area (Å²) < 4.78 is 0. The van der Waals surface area contributed by atoms with E-state index in [2.05, 4.69) is 0 Å². The van der Waals surface area contributed by atoms with Crippen LogP contribution in [0.5, 0.6) is 0 Å². The van der Waals surface area contributed by atoms with Crippen LogP contribution in [0, 0.1) is 0 Å². The van der Waals surface area contributed by atoms with Crippen LogP contribution in [0.2, 0.25) is 0 Å². The van der Waals surface area contributed by atoms with E-state index in [0.29, 0.717) is 0 Å². The smallest absolute Gasteiger partial charge is 0.857 e. The van der Waals surface area contributed by atoms with Crippen molar-refractivity contribution in [3.05, 3.63) is 0 Å². The van der Waals surface area contributed by atoms with E-state index in [4.69, 9.17) is 10.2 Å². The quantitative estimate of drug-likeness (QED) is 0.318. The molecule has 0 saturated heterocycles. The zero-order chi connectivity index (χ0) is 4.71. The van der Waals surface area contributed by atoms with Gasteiger partial charge in [0.25, 0.3) is 0 Å². The topological polar surface area (TPSA) is 46.1 Å². The van der Waals surface area contributed by atoms with Crippen molar-refractivity contribution in [2.75, 3.05) is 13.7 Å². The van der Waals surface area contributed by atoms with Gasteiger partial charge in [-0.05, 0) is 0 Å². The van der Waals surface area contributed by atoms with E-state index in [9.17, 15) is 0 Å². The van der Waals surface area contributed by atoms with Crippen LogP contribution in [0.1, 0.15) is 6.92 Å². The Labute approximate surface area is 117 Å². The monoisotopic (exact) mass is 145 g/mol. The first kappa shape index (κ1) is 30.7. The van der Waals surface area contributed by atoms with Crippen LogP contribution in [-0.4, -0.2) is 13.7 Å². The second-order valence-corrected chi connectivity index (χ2v) is 0.289. The predicted octanol–water partition coefficient (Wildman–Crippen LogP) is -10.6. The van der Waals surface area contributed by atoms with Crippen LogP contribution in [0.15, 0.2) is 0 Å². The van der Waals surface area contributed by atoms with Crippen LogP contribution in [0.3, 0.4) is 0 Å². The molecule has 0 spiro atoms. The Hall–Kier alpha value is 2.92. The summed E-state index contributed by atoms with van der Waals surface area (Å²) in [5.74, 6) is 0. The summed E-state index contributed by atoms with van der Waals surface area (Å²) in [7, 11) is 0.750. The molecule has 0 saturated carbocycles. The van der Waals surface area contributed by atoms with E-state index in [1.807, 2.05) is 0 Å². The van der Waals surface area contributed by atoms with Crippen molar-refractivity contribution in [1.29, 1.82) is 0 Å². The van der Waals surface area contributed by atoms with Crippen molar-refractivity contribution in [2.24, 2.45) is 0 Å². The first-order valence-corrected chi connectivity index (χ1v) is 1.40. The first-order valence-electron chi connectivity index (χ1n) is 1.40. The fraction of sp³-hybridized carbons (Fsp3) is 1.00. The standard InChI is InChI=1S/C2H5O.CH3O.3Na/c1-2-3;1-2;;;/h2H2,1H3;1H3;;;/q2*-1;3*+1. The van der Waals surface area contributed by atoms with Gasteiger partial charge in [0.15, 0.2) is 0 Å². The van der Waals surface area contributed by atoms with E-state index in [-0.39, 0.29) is 95.3 Å². The fourth-order valence-electron chi connectivity index (χ4n) is 0. The zero-order valence-corrected chi connectivity index (χ0v) is 12.5. The minimum absolute atomic E-state index is 0. The molecule has 0 aromatic heterocycles. The average molecular weight is 145 g/mol. The van der Waals surface area contributed by atoms with Crippen LogP contribution in [-0.2, 0) is 0 Å². The molecule has 2 nitrogen and oxygen atoms in total. The molecule has 34 valence electrons. The molecule has 0 N–H and O–H groups in total. The maximum atomic E-state index is 8.93. The van der Waals surface area contributed by atoms with Crippen molar-refractivity contribution >= 4 is 0 Å². The average Bonchev–Trinajstić information content (AvgIpc) is 1.46. The Bertz CT molecular complexity index is 12.5. The van der Waals surface area contributed by atoms with Crippen LogP contribution in [0.25, 0.3) is 0 Å². The molecule has 0 radical (unpaired) electrons. The van der Waals surface area contributed by atoms with Gasteiger partial charge in [0, 0.05) is 0 Å². The minimum atomic E-state index is 0. The maximum absolute atomic E-state index is 8.93. The van der Waals surface area contributed by atoms with Gasteiger partial charge < -0.3 is 10.2 Å². The third-order valence-electron chi connectivity index (χ3n) is 0. The molecule has 0 aromatic rings. The Kier molecular flexibility index (Phi) is 197. The maximum Gasteiger partial charge on any atom is 1.00 e. The number of hydrogen-bond acceptors (Lipinski definition) is 2. The van der Waals surface area contributed by atoms with Gasteiger partial charge in [-0.25, -0.2) is 0 Å². The summed E-state index contributed by atoms with van der Waals surface area (Å²) >= 11 is 0. The molecular formula is C3H8Na3O2+. The van der Waals surface area contributed by atoms with Gasteiger partial charge in [-0.2, -0.15) is 7.11 Å². The molecule has 0 rings (SSSR count). The molecule has 0 aliphatic heterocycles. The third-order valence-corrected chi connectivity index (χ3v) is 0. The summed E-state index contributed by atoms with van der Waals surface area (Å²) in [5.41, 5.74) is 0. The van der Waals surface area contributed by atoms with E-state index in [1.54, 1.807) is 6.92 Å². The molecule has 0 aromatic carbocycles. The molecule has 0 atom stereocenters. The van der Waals surface area contributed by atoms with Crippen molar-refractivity contribution in [1.82, 2.24) is 0 Å². The number of rotatable bonds is 0. The summed E-state index contributed by atoms with van der Waals surface area (Å²) in [6.07, 6.45) is 0. The third kappa shape index (κ3) is 65.6. The molecule has 5 heteroatoms. The van der Waals surface area contributed by atoms with Gasteiger partial charge in [-0.15, -0.1) is 6.61 Å². The predicted molar refractivity (Wildman–Crippen MR) is 16.5 cm³/mol. The Morgan fingerprint density at radius 3 is 1.00 bits per heavy atom. The molecule has 0 fully saturated rings. The molecule has 0 heterocycles. The zero-order valence-electron chi connectivity index (χ0n) is 6.52. The molecule has 0 aliphatic carbocycles. The molecule has 0 aliphatic rings. The molecule has 0 amide bonds. The molecular weight excluding hydrogens is 137 g/mol. The molecule has 8 heavy (non-hydrogen) atoms. The van der Waals surface area contributed by atoms with Crippen molar-refractivity contribution < 1.29 is 98.9 Å². The Morgan fingerprint density at radius 1 is 1.00 bits per heavy atom. The number of hydrogen-bond donors (Lipinski definition) is 0. The van der Waals surface area contributed by atoms with E-state index in [0.717, 1.165) is 7.11 Å². The van der Waals surface area contributed by atoms with E-state index in [1.165, 1.54) is 0 Å². The van der Waals surface area contributed by atoms with Gasteiger partial charge in [0.2, 0.25) is 0 Å². The Balaban J connectivity index is -0.00000000567. The van der Waals surface area contributed by atoms with Crippen molar-refractivity contribution in [2.45, 2.75) is 6.92 Å². The summed E-state index contributed by atoms with van der Waals surface area (Å²) in [6, 6.07) is 0. The van der Waals surface area contributed by atoms with Crippen LogP contribution >= 0.6 is 0 Å². The second-order valence-electron chi connectivity index (χ2n) is 0.289. The van der Waals surface area contributed by atoms with Crippen molar-refractivity contribution in [3.8, 4) is 0 Å². The van der Waals surface area contributed by atoms with Crippen LogP contribution in [0.4, 0.5) is 0 Å². The summed E-state index contributed by atoms with van der Waals surface area (Å²) in [6.45, 7) is 1.57. The van der Waals surface area contributed by atoms with Gasteiger partial charge in [0.05, 0.1) is 0 Å². The minimum Gasteiger partial charge on any atom is -0.857 e. The normalized spacial score (nSPS) is 3.00. The summed E-state index contributed by atoms with van der Waals surface area (Å²) in [4.78, 5) is 0. The summed E-state index contributed by atoms with van der Waals surface area (Å²) in [5, 5.41) is 17.2. The SMILES string of the molecule is CC[O-].C[O-].[Na+].[Na+].[Na+]. The fourth-order valence-corrected chi connectivity index (χ4v) is 0. The van der Waals surface area contributed by atoms with Crippen LogP contribution < -0.4 is 98.9 Å². The Morgan fingerprint density at radius 2 is 1.00 bits per heavy atom. The second kappa shape index (κ2) is 51.4. The molecule has 0 bridgehead atoms. The van der Waals surface area contributed by atoms with Gasteiger partial charge in [-0.3, -0.25) is 0 Å². The largest absolute Gasteiger partial charge is 1.00 e. The van der Waals surface area contributed by atoms with Gasteiger partial charge in [0.1, 0.15) is 0 Å². The van der Waals surface area contributed by atoms with Gasteiger partial charge in [-0.1, -0.05) is 6.92 Å². The van der Waals surface area contributed by atoms with E-state index < -0.39 is 0 Å². The first-order chi connectivity index (χ1) is 2.41. The van der Waals surface area contributed by atoms with Gasteiger partial charge >= 0.3 is 88.7 Å². The molecule has 0 unspecified atom stereocenters. The van der Waals surface area contributed by atoms with Crippen molar-refractivity contribution in [3.63, 3.8) is 0 Å².